The van der Waals surface area contributed by atoms with Gasteiger partial charge in [0.25, 0.3) is 0 Å². The van der Waals surface area contributed by atoms with Crippen molar-refractivity contribution in [1.82, 2.24) is 4.98 Å². The molecular formula is C29H23NO4. The van der Waals surface area contributed by atoms with Gasteiger partial charge < -0.3 is 14.6 Å². The number of hydrogen-bond acceptors (Lipinski definition) is 4. The Labute approximate surface area is 197 Å². The van der Waals surface area contributed by atoms with Crippen LogP contribution in [-0.4, -0.2) is 23.2 Å². The van der Waals surface area contributed by atoms with Crippen LogP contribution in [0.25, 0.3) is 21.7 Å². The Balaban J connectivity index is 1.38. The van der Waals surface area contributed by atoms with Crippen molar-refractivity contribution in [1.29, 1.82) is 0 Å². The molecule has 0 saturated heterocycles. The van der Waals surface area contributed by atoms with E-state index >= 15 is 0 Å². The molecule has 0 radical (unpaired) electrons. The minimum atomic E-state index is -0.947. The molecule has 0 bridgehead atoms. The number of nitrogens with zero attached hydrogens (tertiary/aromatic N) is 1. The molecule has 5 nitrogen and oxygen atoms in total. The fourth-order valence-electron chi connectivity index (χ4n) is 4.11. The number of rotatable bonds is 7. The van der Waals surface area contributed by atoms with E-state index in [1.54, 1.807) is 31.4 Å². The highest BCUT2D eigenvalue weighted by atomic mass is 16.5. The Morgan fingerprint density at radius 2 is 1.56 bits per heavy atom. The summed E-state index contributed by atoms with van der Waals surface area (Å²) < 4.78 is 11.8. The Morgan fingerprint density at radius 3 is 2.35 bits per heavy atom. The van der Waals surface area contributed by atoms with E-state index in [-0.39, 0.29) is 11.7 Å². The molecule has 1 N–H and O–H groups in total. The number of ether oxygens (including phenoxy) is 2. The number of para-hydroxylation sites is 1. The van der Waals surface area contributed by atoms with E-state index < -0.39 is 5.97 Å². The number of aromatic carboxylic acids is 1. The monoisotopic (exact) mass is 449 g/mol. The summed E-state index contributed by atoms with van der Waals surface area (Å²) in [6.07, 6.45) is -0.307. The molecule has 0 amide bonds. The second-order valence-electron chi connectivity index (χ2n) is 8.10. The number of carbonyl (C=O) groups is 1. The molecule has 0 aliphatic heterocycles. The van der Waals surface area contributed by atoms with E-state index in [1.807, 2.05) is 54.6 Å². The number of carboxylic acids is 1. The van der Waals surface area contributed by atoms with Gasteiger partial charge in [0, 0.05) is 12.5 Å². The van der Waals surface area contributed by atoms with Crippen LogP contribution >= 0.6 is 0 Å². The molecule has 5 rings (SSSR count). The van der Waals surface area contributed by atoms with Crippen molar-refractivity contribution in [2.75, 3.05) is 7.11 Å². The number of methoxy groups -OCH3 is 1. The van der Waals surface area contributed by atoms with Gasteiger partial charge >= 0.3 is 5.97 Å². The standard InChI is InChI=1S/C29H23NO4/c1-33-28(21-7-9-22(10-8-21)29(31)32)23-11-6-19-13-15-26(17-24(19)16-23)34-18-25-14-12-20-4-2-3-5-27(20)30-25/h2-17,28H,18H2,1H3,(H,31,32). The van der Waals surface area contributed by atoms with Crippen LogP contribution in [-0.2, 0) is 11.3 Å². The van der Waals surface area contributed by atoms with Crippen LogP contribution in [0.2, 0.25) is 0 Å². The largest absolute Gasteiger partial charge is 0.487 e. The van der Waals surface area contributed by atoms with Gasteiger partial charge in [-0.05, 0) is 64.4 Å². The number of aromatic nitrogens is 1. The summed E-state index contributed by atoms with van der Waals surface area (Å²) in [5, 5.41) is 12.4. The summed E-state index contributed by atoms with van der Waals surface area (Å²) in [6, 6.07) is 31.0. The van der Waals surface area contributed by atoms with Crippen LogP contribution in [0, 0.1) is 0 Å². The van der Waals surface area contributed by atoms with Crippen LogP contribution in [0.1, 0.15) is 33.3 Å². The topological polar surface area (TPSA) is 68.7 Å². The summed E-state index contributed by atoms with van der Waals surface area (Å²) in [6.45, 7) is 0.382. The smallest absolute Gasteiger partial charge is 0.335 e. The zero-order chi connectivity index (χ0) is 23.5. The molecule has 1 atom stereocenters. The van der Waals surface area contributed by atoms with Crippen LogP contribution in [0.5, 0.6) is 5.75 Å². The van der Waals surface area contributed by atoms with Gasteiger partial charge in [-0.3, -0.25) is 0 Å². The molecule has 5 heteroatoms. The Kier molecular flexibility index (Phi) is 5.93. The van der Waals surface area contributed by atoms with Crippen LogP contribution in [0.3, 0.4) is 0 Å². The molecule has 168 valence electrons. The lowest BCUT2D eigenvalue weighted by molar-refractivity contribution is 0.0696. The molecule has 0 spiro atoms. The molecule has 0 aliphatic rings. The zero-order valence-electron chi connectivity index (χ0n) is 18.6. The number of carboxylic acid groups (broad SMARTS) is 1. The van der Waals surface area contributed by atoms with Gasteiger partial charge in [0.1, 0.15) is 18.5 Å². The molecule has 4 aromatic carbocycles. The third kappa shape index (κ3) is 4.47. The summed E-state index contributed by atoms with van der Waals surface area (Å²) in [5.74, 6) is -0.183. The highest BCUT2D eigenvalue weighted by Crippen LogP contribution is 2.30. The van der Waals surface area contributed by atoms with Crippen LogP contribution in [0.4, 0.5) is 0 Å². The van der Waals surface area contributed by atoms with Gasteiger partial charge in [-0.15, -0.1) is 0 Å². The van der Waals surface area contributed by atoms with Gasteiger partial charge in [0.2, 0.25) is 0 Å². The maximum Gasteiger partial charge on any atom is 0.335 e. The summed E-state index contributed by atoms with van der Waals surface area (Å²) in [4.78, 5) is 15.8. The maximum absolute atomic E-state index is 11.2. The maximum atomic E-state index is 11.2. The van der Waals surface area contributed by atoms with E-state index in [1.165, 1.54) is 0 Å². The van der Waals surface area contributed by atoms with Gasteiger partial charge in [0.15, 0.2) is 0 Å². The lowest BCUT2D eigenvalue weighted by atomic mass is 9.97. The second kappa shape index (κ2) is 9.33. The normalized spacial score (nSPS) is 12.0. The second-order valence-corrected chi connectivity index (χ2v) is 8.10. The van der Waals surface area contributed by atoms with Crippen molar-refractivity contribution in [3.63, 3.8) is 0 Å². The molecule has 5 aromatic rings. The zero-order valence-corrected chi connectivity index (χ0v) is 18.6. The summed E-state index contributed by atoms with van der Waals surface area (Å²) in [7, 11) is 1.65. The Morgan fingerprint density at radius 1 is 0.824 bits per heavy atom. The first-order valence-corrected chi connectivity index (χ1v) is 11.0. The highest BCUT2D eigenvalue weighted by Gasteiger charge is 2.15. The first-order valence-electron chi connectivity index (χ1n) is 11.0. The lowest BCUT2D eigenvalue weighted by Crippen LogP contribution is -2.04. The average molecular weight is 450 g/mol. The molecule has 1 heterocycles. The van der Waals surface area contributed by atoms with Crippen molar-refractivity contribution in [2.24, 2.45) is 0 Å². The first kappa shape index (κ1) is 21.6. The predicted molar refractivity (Wildman–Crippen MR) is 132 cm³/mol. The van der Waals surface area contributed by atoms with Crippen molar-refractivity contribution in [3.8, 4) is 5.75 Å². The number of fused-ring (bicyclic) bond motifs is 2. The number of benzene rings is 4. The molecule has 34 heavy (non-hydrogen) atoms. The quantitative estimate of drug-likeness (QED) is 0.311. The van der Waals surface area contributed by atoms with E-state index in [0.29, 0.717) is 6.61 Å². The molecule has 0 saturated carbocycles. The highest BCUT2D eigenvalue weighted by molar-refractivity contribution is 5.87. The van der Waals surface area contributed by atoms with E-state index in [4.69, 9.17) is 14.6 Å². The molecule has 0 fully saturated rings. The Bertz CT molecular complexity index is 1480. The predicted octanol–water partition coefficient (Wildman–Crippen LogP) is 6.40. The van der Waals surface area contributed by atoms with Crippen molar-refractivity contribution in [2.45, 2.75) is 12.7 Å². The summed E-state index contributed by atoms with van der Waals surface area (Å²) >= 11 is 0. The third-order valence-electron chi connectivity index (χ3n) is 5.88. The van der Waals surface area contributed by atoms with Gasteiger partial charge in [-0.2, -0.15) is 0 Å². The third-order valence-corrected chi connectivity index (χ3v) is 5.88. The van der Waals surface area contributed by atoms with Crippen LogP contribution in [0.15, 0.2) is 97.1 Å². The van der Waals surface area contributed by atoms with E-state index in [0.717, 1.165) is 44.2 Å². The van der Waals surface area contributed by atoms with E-state index in [2.05, 4.69) is 23.2 Å². The van der Waals surface area contributed by atoms with Crippen molar-refractivity contribution in [3.05, 3.63) is 119 Å². The number of hydrogen-bond donors (Lipinski definition) is 1. The molecule has 1 aromatic heterocycles. The average Bonchev–Trinajstić information content (AvgIpc) is 2.88. The molecular weight excluding hydrogens is 426 g/mol. The minimum Gasteiger partial charge on any atom is -0.487 e. The fraction of sp³-hybridized carbons (Fsp3) is 0.103. The lowest BCUT2D eigenvalue weighted by Gasteiger charge is -2.17. The van der Waals surface area contributed by atoms with Gasteiger partial charge in [0.05, 0.1) is 16.8 Å². The van der Waals surface area contributed by atoms with Gasteiger partial charge in [-0.1, -0.05) is 54.6 Å². The fourth-order valence-corrected chi connectivity index (χ4v) is 4.11. The minimum absolute atomic E-state index is 0.250. The number of pyridine rings is 1. The first-order chi connectivity index (χ1) is 16.6. The summed E-state index contributed by atoms with van der Waals surface area (Å²) in [5.41, 5.74) is 3.94. The van der Waals surface area contributed by atoms with Crippen molar-refractivity contribution >= 4 is 27.6 Å². The Hall–Kier alpha value is -4.22. The SMILES string of the molecule is COC(c1ccc(C(=O)O)cc1)c1ccc2ccc(OCc3ccc4ccccc4n3)cc2c1. The van der Waals surface area contributed by atoms with Crippen molar-refractivity contribution < 1.29 is 19.4 Å². The molecule has 1 unspecified atom stereocenters. The van der Waals surface area contributed by atoms with Crippen LogP contribution < -0.4 is 4.74 Å². The molecule has 0 aliphatic carbocycles. The van der Waals surface area contributed by atoms with Gasteiger partial charge in [-0.25, -0.2) is 9.78 Å². The van der Waals surface area contributed by atoms with E-state index in [9.17, 15) is 4.79 Å².